The Kier molecular flexibility index (Phi) is 15.5. The van der Waals surface area contributed by atoms with Crippen LogP contribution in [0.3, 0.4) is 0 Å². The molecule has 0 amide bonds. The van der Waals surface area contributed by atoms with Crippen molar-refractivity contribution in [3.8, 4) is 40.2 Å². The Labute approximate surface area is 318 Å². The Morgan fingerprint density at radius 2 is 0.891 bits per heavy atom. The molecule has 0 saturated carbocycles. The lowest BCUT2D eigenvalue weighted by atomic mass is 10.0. The molecule has 0 radical (unpaired) electrons. The predicted molar refractivity (Wildman–Crippen MR) is 204 cm³/mol. The minimum atomic E-state index is -0.508. The summed E-state index contributed by atoms with van der Waals surface area (Å²) in [5, 5.41) is 8.88. The van der Waals surface area contributed by atoms with Crippen molar-refractivity contribution in [3.63, 3.8) is 0 Å². The number of hydrogen-bond acceptors (Lipinski definition) is 11. The Balaban J connectivity index is 0.000000253. The van der Waals surface area contributed by atoms with E-state index in [1.54, 1.807) is 84.9 Å². The van der Waals surface area contributed by atoms with Crippen LogP contribution < -0.4 is 18.9 Å². The van der Waals surface area contributed by atoms with Gasteiger partial charge in [-0.1, -0.05) is 55.1 Å². The predicted octanol–water partition coefficient (Wildman–Crippen LogP) is 7.87. The highest BCUT2D eigenvalue weighted by atomic mass is 16.6. The number of hydrogen-bond donors (Lipinski definition) is 0. The molecule has 5 rings (SSSR count). The van der Waals surface area contributed by atoms with Crippen LogP contribution in [0.1, 0.15) is 31.8 Å². The summed E-state index contributed by atoms with van der Waals surface area (Å²) < 4.78 is 31.2. The number of benzene rings is 5. The van der Waals surface area contributed by atoms with Crippen molar-refractivity contribution in [2.24, 2.45) is 0 Å². The summed E-state index contributed by atoms with van der Waals surface area (Å²) in [6.45, 7) is 9.20. The molecule has 0 aliphatic heterocycles. The van der Waals surface area contributed by atoms with E-state index in [0.717, 1.165) is 28.8 Å². The second kappa shape index (κ2) is 21.2. The summed E-state index contributed by atoms with van der Waals surface area (Å²) in [6, 6.07) is 36.7. The van der Waals surface area contributed by atoms with E-state index >= 15 is 0 Å². The molecule has 0 atom stereocenters. The smallest absolute Gasteiger partial charge is 0.343 e. The summed E-state index contributed by atoms with van der Waals surface area (Å²) in [4.78, 5) is 46.2. The lowest BCUT2D eigenvalue weighted by Crippen LogP contribution is -2.11. The van der Waals surface area contributed by atoms with E-state index in [1.807, 2.05) is 43.3 Å². The number of nitriles is 1. The van der Waals surface area contributed by atoms with Gasteiger partial charge in [-0.2, -0.15) is 5.26 Å². The number of rotatable bonds is 15. The maximum atomic E-state index is 12.4. The summed E-state index contributed by atoms with van der Waals surface area (Å²) in [5.41, 5.74) is 4.40. The SMILES string of the molecule is C=CC(=O)OCCOc1ccc(C(=O)Oc2ccc(-c3ccc(C#N)cc3)cc2)cc1.C=CC(=O)OCCOc1ccc(C(=O)Oc2ccc(C)cc2)cc1. The van der Waals surface area contributed by atoms with Gasteiger partial charge in [0.1, 0.15) is 49.4 Å². The molecule has 0 fully saturated rings. The van der Waals surface area contributed by atoms with Crippen LogP contribution in [0.15, 0.2) is 147 Å². The van der Waals surface area contributed by atoms with Crippen molar-refractivity contribution < 1.29 is 47.6 Å². The van der Waals surface area contributed by atoms with Gasteiger partial charge < -0.3 is 28.4 Å². The zero-order valence-corrected chi connectivity index (χ0v) is 30.0. The van der Waals surface area contributed by atoms with E-state index in [9.17, 15) is 19.2 Å². The van der Waals surface area contributed by atoms with Crippen LogP contribution in [0, 0.1) is 18.3 Å². The van der Waals surface area contributed by atoms with Crippen molar-refractivity contribution in [3.05, 3.63) is 169 Å². The molecule has 0 N–H and O–H groups in total. The fourth-order valence-corrected chi connectivity index (χ4v) is 4.49. The monoisotopic (exact) mass is 739 g/mol. The minimum absolute atomic E-state index is 0.104. The van der Waals surface area contributed by atoms with E-state index < -0.39 is 23.9 Å². The molecule has 11 heteroatoms. The van der Waals surface area contributed by atoms with Gasteiger partial charge in [0.25, 0.3) is 0 Å². The van der Waals surface area contributed by atoms with Gasteiger partial charge >= 0.3 is 23.9 Å². The first kappa shape index (κ1) is 40.3. The van der Waals surface area contributed by atoms with E-state index in [2.05, 4.69) is 19.2 Å². The van der Waals surface area contributed by atoms with Gasteiger partial charge in [-0.25, -0.2) is 19.2 Å². The number of carbonyl (C=O) groups excluding carboxylic acids is 4. The highest BCUT2D eigenvalue weighted by molar-refractivity contribution is 5.92. The first-order chi connectivity index (χ1) is 26.7. The van der Waals surface area contributed by atoms with Crippen LogP contribution in [0.25, 0.3) is 11.1 Å². The summed E-state index contributed by atoms with van der Waals surface area (Å²) in [7, 11) is 0. The zero-order valence-electron chi connectivity index (χ0n) is 30.0. The van der Waals surface area contributed by atoms with Gasteiger partial charge in [0, 0.05) is 12.2 Å². The van der Waals surface area contributed by atoms with Crippen LogP contribution in [0.2, 0.25) is 0 Å². The first-order valence-electron chi connectivity index (χ1n) is 16.8. The van der Waals surface area contributed by atoms with Gasteiger partial charge in [-0.3, -0.25) is 0 Å². The molecular formula is C44H37NO10. The highest BCUT2D eigenvalue weighted by Gasteiger charge is 2.11. The third-order valence-electron chi connectivity index (χ3n) is 7.35. The molecule has 0 aromatic heterocycles. The molecular weight excluding hydrogens is 702 g/mol. The number of carbonyl (C=O) groups is 4. The third-order valence-corrected chi connectivity index (χ3v) is 7.35. The molecule has 5 aromatic carbocycles. The van der Waals surface area contributed by atoms with Gasteiger partial charge in [0.2, 0.25) is 0 Å². The quantitative estimate of drug-likeness (QED) is 0.0447. The summed E-state index contributed by atoms with van der Waals surface area (Å²) in [6.07, 6.45) is 2.18. The van der Waals surface area contributed by atoms with Crippen molar-refractivity contribution >= 4 is 23.9 Å². The van der Waals surface area contributed by atoms with Gasteiger partial charge in [0.05, 0.1) is 22.8 Å². The topological polar surface area (TPSA) is 147 Å². The molecule has 0 aliphatic rings. The Hall–Kier alpha value is -7.45. The number of nitrogens with zero attached hydrogens (tertiary/aromatic N) is 1. The first-order valence-corrected chi connectivity index (χ1v) is 16.8. The fourth-order valence-electron chi connectivity index (χ4n) is 4.49. The normalized spacial score (nSPS) is 9.89. The Morgan fingerprint density at radius 3 is 1.27 bits per heavy atom. The standard InChI is InChI=1S/C25H19NO5.C19H18O5/c1-2-24(27)30-16-15-29-22-11-9-21(10-12-22)25(28)31-23-13-7-20(8-14-23)19-5-3-18(17-26)4-6-19;1-3-18(20)23-13-12-22-16-10-6-15(7-11-16)19(21)24-17-8-4-14(2)5-9-17/h2-14H,1,15-16H2;3-11H,1,12-13H2,2H3. The highest BCUT2D eigenvalue weighted by Crippen LogP contribution is 2.24. The van der Waals surface area contributed by atoms with E-state index in [4.69, 9.17) is 33.7 Å². The maximum Gasteiger partial charge on any atom is 0.343 e. The molecule has 0 heterocycles. The van der Waals surface area contributed by atoms with Gasteiger partial charge in [0.15, 0.2) is 0 Å². The van der Waals surface area contributed by atoms with Crippen LogP contribution in [0.4, 0.5) is 0 Å². The van der Waals surface area contributed by atoms with Crippen LogP contribution >= 0.6 is 0 Å². The van der Waals surface area contributed by atoms with Gasteiger partial charge in [-0.15, -0.1) is 0 Å². The van der Waals surface area contributed by atoms with E-state index in [1.165, 1.54) is 0 Å². The second-order valence-corrected chi connectivity index (χ2v) is 11.3. The number of esters is 4. The van der Waals surface area contributed by atoms with E-state index in [0.29, 0.717) is 39.7 Å². The lowest BCUT2D eigenvalue weighted by Gasteiger charge is -2.08. The number of ether oxygens (including phenoxy) is 6. The maximum absolute atomic E-state index is 12.4. The van der Waals surface area contributed by atoms with Crippen molar-refractivity contribution in [2.45, 2.75) is 6.92 Å². The average Bonchev–Trinajstić information content (AvgIpc) is 3.22. The molecule has 5 aromatic rings. The fraction of sp³-hybridized carbons (Fsp3) is 0.114. The lowest BCUT2D eigenvalue weighted by molar-refractivity contribution is -0.139. The summed E-state index contributed by atoms with van der Waals surface area (Å²) >= 11 is 0. The molecule has 55 heavy (non-hydrogen) atoms. The molecule has 278 valence electrons. The van der Waals surface area contributed by atoms with Crippen LogP contribution in [-0.4, -0.2) is 50.3 Å². The van der Waals surface area contributed by atoms with Crippen LogP contribution in [0.5, 0.6) is 23.0 Å². The average molecular weight is 740 g/mol. The molecule has 0 bridgehead atoms. The van der Waals surface area contributed by atoms with Crippen molar-refractivity contribution in [1.82, 2.24) is 0 Å². The van der Waals surface area contributed by atoms with E-state index in [-0.39, 0.29) is 26.4 Å². The van der Waals surface area contributed by atoms with Crippen molar-refractivity contribution in [1.29, 1.82) is 5.26 Å². The molecule has 11 nitrogen and oxygen atoms in total. The number of aryl methyl sites for hydroxylation is 1. The Bertz CT molecular complexity index is 2100. The zero-order chi connectivity index (χ0) is 39.4. The Morgan fingerprint density at radius 1 is 0.527 bits per heavy atom. The summed E-state index contributed by atoms with van der Waals surface area (Å²) in [5.74, 6) is 0.0959. The van der Waals surface area contributed by atoms with Gasteiger partial charge in [-0.05, 0) is 103 Å². The largest absolute Gasteiger partial charge is 0.490 e. The molecule has 0 spiro atoms. The molecule has 0 unspecified atom stereocenters. The second-order valence-electron chi connectivity index (χ2n) is 11.3. The molecule has 0 aliphatic carbocycles. The van der Waals surface area contributed by atoms with Crippen LogP contribution in [-0.2, 0) is 19.1 Å². The minimum Gasteiger partial charge on any atom is -0.490 e. The third kappa shape index (κ3) is 13.6. The van der Waals surface area contributed by atoms with Crippen molar-refractivity contribution in [2.75, 3.05) is 26.4 Å². The molecule has 0 saturated heterocycles.